The fourth-order valence-electron chi connectivity index (χ4n) is 3.37. The monoisotopic (exact) mass is 398 g/mol. The zero-order valence-corrected chi connectivity index (χ0v) is 16.5. The molecule has 1 aliphatic heterocycles. The first kappa shape index (κ1) is 18.6. The number of fused-ring (bicyclic) bond motifs is 1. The van der Waals surface area contributed by atoms with Crippen LogP contribution in [0.2, 0.25) is 0 Å². The maximum Gasteiger partial charge on any atom is 0.339 e. The molecule has 28 heavy (non-hydrogen) atoms. The molecule has 146 valence electrons. The van der Waals surface area contributed by atoms with Crippen molar-refractivity contribution in [2.75, 3.05) is 43.4 Å². The lowest BCUT2D eigenvalue weighted by atomic mass is 10.2. The van der Waals surface area contributed by atoms with E-state index in [0.717, 1.165) is 43.8 Å². The highest BCUT2D eigenvalue weighted by Gasteiger charge is 2.25. The quantitative estimate of drug-likeness (QED) is 0.653. The molecule has 9 heteroatoms. The summed E-state index contributed by atoms with van der Waals surface area (Å²) in [6.45, 7) is 6.27. The van der Waals surface area contributed by atoms with Gasteiger partial charge in [-0.15, -0.1) is 11.3 Å². The van der Waals surface area contributed by atoms with Gasteiger partial charge in [0.05, 0.1) is 23.3 Å². The number of carbonyl (C=O) groups excluding carboxylic acids is 1. The molecule has 1 fully saturated rings. The van der Waals surface area contributed by atoms with Gasteiger partial charge in [0.2, 0.25) is 5.95 Å². The average molecular weight is 398 g/mol. The molecule has 0 spiro atoms. The summed E-state index contributed by atoms with van der Waals surface area (Å²) in [4.78, 5) is 30.8. The highest BCUT2D eigenvalue weighted by Crippen LogP contribution is 2.33. The Bertz CT molecular complexity index is 969. The van der Waals surface area contributed by atoms with Crippen molar-refractivity contribution in [3.63, 3.8) is 0 Å². The van der Waals surface area contributed by atoms with Crippen molar-refractivity contribution in [2.45, 2.75) is 13.5 Å². The van der Waals surface area contributed by atoms with Crippen molar-refractivity contribution in [1.82, 2.24) is 19.9 Å². The highest BCUT2D eigenvalue weighted by atomic mass is 32.1. The first-order chi connectivity index (χ1) is 13.7. The number of ether oxygens (including phenoxy) is 1. The minimum atomic E-state index is -0.350. The molecule has 4 rings (SSSR count). The Morgan fingerprint density at radius 2 is 2.07 bits per heavy atom. The molecule has 0 aliphatic carbocycles. The lowest BCUT2D eigenvalue weighted by Crippen LogP contribution is -2.46. The van der Waals surface area contributed by atoms with Gasteiger partial charge in [-0.3, -0.25) is 9.88 Å². The maximum atomic E-state index is 12.4. The van der Waals surface area contributed by atoms with Gasteiger partial charge in [0.15, 0.2) is 0 Å². The molecular formula is C19H22N6O2S. The standard InChI is InChI=1S/C19H22N6O2S/c1-2-27-18(26)14-12-28-17-15(14)16(22-19(20)23-17)25-9-7-24(8-10-25)11-13-5-3-4-6-21-13/h3-6,12H,2,7-11H2,1H3,(H2,20,22,23). The van der Waals surface area contributed by atoms with E-state index in [1.807, 2.05) is 24.4 Å². The van der Waals surface area contributed by atoms with Crippen molar-refractivity contribution in [3.8, 4) is 0 Å². The predicted octanol–water partition coefficient (Wildman–Crippen LogP) is 2.17. The van der Waals surface area contributed by atoms with E-state index in [9.17, 15) is 4.79 Å². The number of esters is 1. The molecule has 3 aromatic heterocycles. The zero-order chi connectivity index (χ0) is 19.5. The molecule has 2 N–H and O–H groups in total. The number of nitrogen functional groups attached to an aromatic ring is 1. The van der Waals surface area contributed by atoms with E-state index in [1.54, 1.807) is 12.3 Å². The van der Waals surface area contributed by atoms with Crippen LogP contribution in [-0.2, 0) is 11.3 Å². The molecule has 0 amide bonds. The summed E-state index contributed by atoms with van der Waals surface area (Å²) in [5, 5.41) is 2.51. The Balaban J connectivity index is 1.56. The van der Waals surface area contributed by atoms with Crippen molar-refractivity contribution < 1.29 is 9.53 Å². The molecule has 1 saturated heterocycles. The Morgan fingerprint density at radius 1 is 1.25 bits per heavy atom. The molecule has 1 aliphatic rings. The lowest BCUT2D eigenvalue weighted by molar-refractivity contribution is 0.0529. The van der Waals surface area contributed by atoms with E-state index in [2.05, 4.69) is 24.8 Å². The largest absolute Gasteiger partial charge is 0.462 e. The van der Waals surface area contributed by atoms with Gasteiger partial charge in [0.1, 0.15) is 10.6 Å². The molecular weight excluding hydrogens is 376 g/mol. The minimum Gasteiger partial charge on any atom is -0.462 e. The van der Waals surface area contributed by atoms with Crippen LogP contribution in [0.5, 0.6) is 0 Å². The van der Waals surface area contributed by atoms with E-state index >= 15 is 0 Å². The van der Waals surface area contributed by atoms with Crippen molar-refractivity contribution >= 4 is 39.3 Å². The third-order valence-electron chi connectivity index (χ3n) is 4.71. The molecule has 0 atom stereocenters. The number of nitrogens with zero attached hydrogens (tertiary/aromatic N) is 5. The van der Waals surface area contributed by atoms with Crippen LogP contribution in [0.1, 0.15) is 23.0 Å². The van der Waals surface area contributed by atoms with Crippen LogP contribution in [0.3, 0.4) is 0 Å². The van der Waals surface area contributed by atoms with Crippen LogP contribution in [0.15, 0.2) is 29.8 Å². The molecule has 0 saturated carbocycles. The van der Waals surface area contributed by atoms with E-state index in [1.165, 1.54) is 11.3 Å². The number of aromatic nitrogens is 3. The fraction of sp³-hybridized carbons (Fsp3) is 0.368. The smallest absolute Gasteiger partial charge is 0.339 e. The van der Waals surface area contributed by atoms with Gasteiger partial charge in [-0.05, 0) is 19.1 Å². The molecule has 8 nitrogen and oxygen atoms in total. The van der Waals surface area contributed by atoms with E-state index in [4.69, 9.17) is 10.5 Å². The average Bonchev–Trinajstić information content (AvgIpc) is 3.13. The number of hydrogen-bond acceptors (Lipinski definition) is 9. The minimum absolute atomic E-state index is 0.218. The number of hydrogen-bond donors (Lipinski definition) is 1. The first-order valence-corrected chi connectivity index (χ1v) is 10.1. The summed E-state index contributed by atoms with van der Waals surface area (Å²) in [6, 6.07) is 5.97. The van der Waals surface area contributed by atoms with Gasteiger partial charge < -0.3 is 15.4 Å². The summed E-state index contributed by atoms with van der Waals surface area (Å²) in [5.41, 5.74) is 7.50. The number of rotatable bonds is 5. The van der Waals surface area contributed by atoms with Crippen LogP contribution in [0.25, 0.3) is 10.2 Å². The van der Waals surface area contributed by atoms with E-state index < -0.39 is 0 Å². The highest BCUT2D eigenvalue weighted by molar-refractivity contribution is 7.17. The van der Waals surface area contributed by atoms with Crippen molar-refractivity contribution in [1.29, 1.82) is 0 Å². The van der Waals surface area contributed by atoms with Gasteiger partial charge in [0.25, 0.3) is 0 Å². The maximum absolute atomic E-state index is 12.4. The number of pyridine rings is 1. The molecule has 4 heterocycles. The summed E-state index contributed by atoms with van der Waals surface area (Å²) in [6.07, 6.45) is 1.82. The van der Waals surface area contributed by atoms with Crippen LogP contribution < -0.4 is 10.6 Å². The normalized spacial score (nSPS) is 15.1. The van der Waals surface area contributed by atoms with Gasteiger partial charge in [-0.25, -0.2) is 9.78 Å². The molecule has 0 unspecified atom stereocenters. The van der Waals surface area contributed by atoms with Gasteiger partial charge in [-0.1, -0.05) is 6.07 Å². The first-order valence-electron chi connectivity index (χ1n) is 9.24. The Kier molecular flexibility index (Phi) is 5.36. The van der Waals surface area contributed by atoms with Crippen LogP contribution in [0, 0.1) is 0 Å². The summed E-state index contributed by atoms with van der Waals surface area (Å²) >= 11 is 1.39. The van der Waals surface area contributed by atoms with Crippen molar-refractivity contribution in [3.05, 3.63) is 41.0 Å². The number of piperazine rings is 1. The summed E-state index contributed by atoms with van der Waals surface area (Å²) < 4.78 is 5.20. The predicted molar refractivity (Wildman–Crippen MR) is 110 cm³/mol. The Hall–Kier alpha value is -2.78. The number of nitrogens with two attached hydrogens (primary N) is 1. The van der Waals surface area contributed by atoms with E-state index in [-0.39, 0.29) is 11.9 Å². The van der Waals surface area contributed by atoms with Gasteiger partial charge in [-0.2, -0.15) is 4.98 Å². The number of carbonyl (C=O) groups is 1. The molecule has 3 aromatic rings. The topological polar surface area (TPSA) is 97.5 Å². The number of anilines is 2. The SMILES string of the molecule is CCOC(=O)c1csc2nc(N)nc(N3CCN(Cc4ccccn4)CC3)c12. The van der Waals surface area contributed by atoms with Crippen LogP contribution in [0.4, 0.5) is 11.8 Å². The lowest BCUT2D eigenvalue weighted by Gasteiger charge is -2.35. The number of thiophene rings is 1. The second-order valence-electron chi connectivity index (χ2n) is 6.54. The van der Waals surface area contributed by atoms with Gasteiger partial charge in [0, 0.05) is 44.3 Å². The molecule has 0 radical (unpaired) electrons. The Morgan fingerprint density at radius 3 is 2.79 bits per heavy atom. The fourth-order valence-corrected chi connectivity index (χ4v) is 4.27. The third-order valence-corrected chi connectivity index (χ3v) is 5.58. The third kappa shape index (κ3) is 3.76. The van der Waals surface area contributed by atoms with Gasteiger partial charge >= 0.3 is 5.97 Å². The second kappa shape index (κ2) is 8.07. The van der Waals surface area contributed by atoms with Crippen molar-refractivity contribution in [2.24, 2.45) is 0 Å². The summed E-state index contributed by atoms with van der Waals surface area (Å²) in [7, 11) is 0. The zero-order valence-electron chi connectivity index (χ0n) is 15.7. The van der Waals surface area contributed by atoms with Crippen LogP contribution in [-0.4, -0.2) is 58.6 Å². The van der Waals surface area contributed by atoms with Crippen LogP contribution >= 0.6 is 11.3 Å². The second-order valence-corrected chi connectivity index (χ2v) is 7.40. The Labute approximate surface area is 167 Å². The van der Waals surface area contributed by atoms with E-state index in [0.29, 0.717) is 22.8 Å². The summed E-state index contributed by atoms with van der Waals surface area (Å²) in [5.74, 6) is 0.581. The molecule has 0 aromatic carbocycles. The molecule has 0 bridgehead atoms.